The molecule has 3 aromatic rings. The molecule has 0 radical (unpaired) electrons. The first kappa shape index (κ1) is 19.0. The number of benzene rings is 2. The minimum Gasteiger partial charge on any atom is -0.352 e. The number of rotatable bonds is 8. The van der Waals surface area contributed by atoms with Gasteiger partial charge in [0, 0.05) is 19.4 Å². The third kappa shape index (κ3) is 5.62. The van der Waals surface area contributed by atoms with Crippen LogP contribution < -0.4 is 10.6 Å². The van der Waals surface area contributed by atoms with Crippen LogP contribution >= 0.6 is 11.3 Å². The third-order valence-electron chi connectivity index (χ3n) is 4.15. The number of nitrogens with zero attached hydrogens (tertiary/aromatic N) is 1. The van der Waals surface area contributed by atoms with E-state index in [0.29, 0.717) is 30.9 Å². The molecule has 1 aromatic heterocycles. The summed E-state index contributed by atoms with van der Waals surface area (Å²) >= 11 is 1.46. The number of carbonyl (C=O) groups excluding carboxylic acids is 2. The Morgan fingerprint density at radius 2 is 1.81 bits per heavy atom. The van der Waals surface area contributed by atoms with Gasteiger partial charge in [0.05, 0.1) is 10.2 Å². The van der Waals surface area contributed by atoms with Crippen LogP contribution in [0.5, 0.6) is 0 Å². The van der Waals surface area contributed by atoms with E-state index in [1.807, 2.05) is 55.5 Å². The molecular formula is C21H23N3O2S. The molecular weight excluding hydrogens is 358 g/mol. The van der Waals surface area contributed by atoms with E-state index in [1.54, 1.807) is 0 Å². The number of hydrogen-bond acceptors (Lipinski definition) is 4. The minimum absolute atomic E-state index is 0.00753. The molecule has 3 rings (SSSR count). The summed E-state index contributed by atoms with van der Waals surface area (Å²) in [5, 5.41) is 6.41. The summed E-state index contributed by atoms with van der Waals surface area (Å²) in [6.07, 6.45) is 2.43. The second kappa shape index (κ2) is 9.28. The highest BCUT2D eigenvalue weighted by Gasteiger charge is 2.09. The normalized spacial score (nSPS) is 10.7. The minimum atomic E-state index is -0.00753. The zero-order valence-corrected chi connectivity index (χ0v) is 16.1. The number of hydrogen-bond donors (Lipinski definition) is 2. The van der Waals surface area contributed by atoms with E-state index in [2.05, 4.69) is 15.6 Å². The van der Waals surface area contributed by atoms with Crippen LogP contribution in [0.15, 0.2) is 48.5 Å². The molecule has 140 valence electrons. The van der Waals surface area contributed by atoms with Gasteiger partial charge in [-0.25, -0.2) is 4.98 Å². The number of aromatic nitrogens is 1. The first-order valence-electron chi connectivity index (χ1n) is 9.14. The van der Waals surface area contributed by atoms with Crippen molar-refractivity contribution >= 4 is 38.5 Å². The molecule has 0 bridgehead atoms. The van der Waals surface area contributed by atoms with Crippen LogP contribution in [0, 0.1) is 0 Å². The van der Waals surface area contributed by atoms with Gasteiger partial charge in [0.25, 0.3) is 0 Å². The Morgan fingerprint density at radius 3 is 2.59 bits per heavy atom. The predicted molar refractivity (Wildman–Crippen MR) is 110 cm³/mol. The maximum absolute atomic E-state index is 12.1. The number of thiazole rings is 1. The Bertz CT molecular complexity index is 922. The van der Waals surface area contributed by atoms with Crippen LogP contribution in [0.4, 0.5) is 5.13 Å². The highest BCUT2D eigenvalue weighted by atomic mass is 32.1. The van der Waals surface area contributed by atoms with Gasteiger partial charge in [-0.3, -0.25) is 9.59 Å². The molecule has 0 aliphatic carbocycles. The van der Waals surface area contributed by atoms with E-state index in [9.17, 15) is 9.59 Å². The SMILES string of the molecule is CCCC(=O)Nc1nc2ccc(CCC(=O)NCc3ccccc3)cc2s1. The van der Waals surface area contributed by atoms with Crippen molar-refractivity contribution in [3.63, 3.8) is 0 Å². The first-order valence-corrected chi connectivity index (χ1v) is 9.95. The Hall–Kier alpha value is -2.73. The molecule has 1 heterocycles. The first-order chi connectivity index (χ1) is 13.1. The molecule has 27 heavy (non-hydrogen) atoms. The fraction of sp³-hybridized carbons (Fsp3) is 0.286. The number of anilines is 1. The number of carbonyl (C=O) groups is 2. The molecule has 0 spiro atoms. The van der Waals surface area contributed by atoms with Crippen LogP contribution in [0.2, 0.25) is 0 Å². The van der Waals surface area contributed by atoms with E-state index in [-0.39, 0.29) is 11.8 Å². The van der Waals surface area contributed by atoms with Gasteiger partial charge in [0.2, 0.25) is 11.8 Å². The van der Waals surface area contributed by atoms with Gasteiger partial charge in [0.15, 0.2) is 5.13 Å². The van der Waals surface area contributed by atoms with Gasteiger partial charge >= 0.3 is 0 Å². The second-order valence-electron chi connectivity index (χ2n) is 6.38. The Kier molecular flexibility index (Phi) is 6.54. The van der Waals surface area contributed by atoms with E-state index in [4.69, 9.17) is 0 Å². The van der Waals surface area contributed by atoms with Gasteiger partial charge < -0.3 is 10.6 Å². The summed E-state index contributed by atoms with van der Waals surface area (Å²) in [5.41, 5.74) is 3.05. The van der Waals surface area contributed by atoms with Crippen molar-refractivity contribution in [1.29, 1.82) is 0 Å². The summed E-state index contributed by atoms with van der Waals surface area (Å²) in [6.45, 7) is 2.52. The molecule has 2 N–H and O–H groups in total. The van der Waals surface area contributed by atoms with Crippen LogP contribution in [-0.2, 0) is 22.6 Å². The van der Waals surface area contributed by atoms with Crippen molar-refractivity contribution < 1.29 is 9.59 Å². The van der Waals surface area contributed by atoms with Crippen LogP contribution in [0.3, 0.4) is 0 Å². The molecule has 0 fully saturated rings. The zero-order chi connectivity index (χ0) is 19.1. The molecule has 0 aliphatic heterocycles. The van der Waals surface area contributed by atoms with Crippen molar-refractivity contribution in [2.45, 2.75) is 39.2 Å². The third-order valence-corrected chi connectivity index (χ3v) is 5.08. The molecule has 0 atom stereocenters. The summed E-state index contributed by atoms with van der Waals surface area (Å²) in [7, 11) is 0. The van der Waals surface area contributed by atoms with Gasteiger partial charge in [-0.15, -0.1) is 0 Å². The summed E-state index contributed by atoms with van der Waals surface area (Å²) < 4.78 is 1.02. The van der Waals surface area contributed by atoms with Gasteiger partial charge in [-0.1, -0.05) is 54.7 Å². The summed E-state index contributed by atoms with van der Waals surface area (Å²) in [4.78, 5) is 28.2. The molecule has 0 saturated heterocycles. The van der Waals surface area contributed by atoms with E-state index >= 15 is 0 Å². The molecule has 0 saturated carbocycles. The van der Waals surface area contributed by atoms with Crippen LogP contribution in [-0.4, -0.2) is 16.8 Å². The van der Waals surface area contributed by atoms with Gasteiger partial charge in [-0.2, -0.15) is 0 Å². The highest BCUT2D eigenvalue weighted by molar-refractivity contribution is 7.22. The second-order valence-corrected chi connectivity index (χ2v) is 7.41. The Labute approximate surface area is 162 Å². The standard InChI is InChI=1S/C21H23N3O2S/c1-2-6-20(26)24-21-23-17-11-9-15(13-18(17)27-21)10-12-19(25)22-14-16-7-4-3-5-8-16/h3-5,7-9,11,13H,2,6,10,12,14H2,1H3,(H,22,25)(H,23,24,26). The Morgan fingerprint density at radius 1 is 1.00 bits per heavy atom. The average Bonchev–Trinajstić information content (AvgIpc) is 3.07. The summed E-state index contributed by atoms with van der Waals surface area (Å²) in [5.74, 6) is 0.0302. The zero-order valence-electron chi connectivity index (χ0n) is 15.3. The Balaban J connectivity index is 1.54. The number of amides is 2. The molecule has 0 aliphatic rings. The average molecular weight is 382 g/mol. The van der Waals surface area contributed by atoms with Gasteiger partial charge in [0.1, 0.15) is 0 Å². The van der Waals surface area contributed by atoms with Crippen molar-refractivity contribution in [3.05, 3.63) is 59.7 Å². The smallest absolute Gasteiger partial charge is 0.226 e. The largest absolute Gasteiger partial charge is 0.352 e. The monoisotopic (exact) mass is 381 g/mol. The number of fused-ring (bicyclic) bond motifs is 1. The lowest BCUT2D eigenvalue weighted by Gasteiger charge is -2.05. The molecule has 2 amide bonds. The molecule has 6 heteroatoms. The van der Waals surface area contributed by atoms with E-state index < -0.39 is 0 Å². The fourth-order valence-corrected chi connectivity index (χ4v) is 3.68. The van der Waals surface area contributed by atoms with Crippen LogP contribution in [0.1, 0.15) is 37.3 Å². The predicted octanol–water partition coefficient (Wildman–Crippen LogP) is 4.28. The number of nitrogens with one attached hydrogen (secondary N) is 2. The fourth-order valence-electron chi connectivity index (χ4n) is 2.73. The van der Waals surface area contributed by atoms with Crippen LogP contribution in [0.25, 0.3) is 10.2 Å². The molecule has 5 nitrogen and oxygen atoms in total. The lowest BCUT2D eigenvalue weighted by Crippen LogP contribution is -2.22. The molecule has 2 aromatic carbocycles. The van der Waals surface area contributed by atoms with E-state index in [0.717, 1.165) is 27.8 Å². The molecule has 0 unspecified atom stereocenters. The summed E-state index contributed by atoms with van der Waals surface area (Å²) in [6, 6.07) is 15.9. The van der Waals surface area contributed by atoms with Gasteiger partial charge in [-0.05, 0) is 36.1 Å². The lowest BCUT2D eigenvalue weighted by atomic mass is 10.1. The number of aryl methyl sites for hydroxylation is 1. The van der Waals surface area contributed by atoms with Crippen molar-refractivity contribution in [1.82, 2.24) is 10.3 Å². The topological polar surface area (TPSA) is 71.1 Å². The maximum atomic E-state index is 12.1. The van der Waals surface area contributed by atoms with E-state index in [1.165, 1.54) is 11.3 Å². The lowest BCUT2D eigenvalue weighted by molar-refractivity contribution is -0.121. The van der Waals surface area contributed by atoms with Crippen molar-refractivity contribution in [3.8, 4) is 0 Å². The highest BCUT2D eigenvalue weighted by Crippen LogP contribution is 2.27. The van der Waals surface area contributed by atoms with Crippen molar-refractivity contribution in [2.24, 2.45) is 0 Å². The quantitative estimate of drug-likeness (QED) is 0.612. The maximum Gasteiger partial charge on any atom is 0.226 e. The van der Waals surface area contributed by atoms with Crippen molar-refractivity contribution in [2.75, 3.05) is 5.32 Å².